The summed E-state index contributed by atoms with van der Waals surface area (Å²) in [4.78, 5) is 0. The Balaban J connectivity index is 1.94. The molecule has 5 heteroatoms. The molecule has 1 N–H and O–H groups in total. The molecule has 0 saturated heterocycles. The lowest BCUT2D eigenvalue weighted by Gasteiger charge is -2.11. The summed E-state index contributed by atoms with van der Waals surface area (Å²) in [5.74, 6) is 0.768. The highest BCUT2D eigenvalue weighted by Crippen LogP contribution is 2.19. The molecule has 1 heterocycles. The van der Waals surface area contributed by atoms with E-state index in [9.17, 15) is 5.11 Å². The van der Waals surface area contributed by atoms with E-state index in [0.29, 0.717) is 12.3 Å². The predicted molar refractivity (Wildman–Crippen MR) is 87.5 cm³/mol. The van der Waals surface area contributed by atoms with Gasteiger partial charge in [-0.3, -0.25) is 0 Å². The van der Waals surface area contributed by atoms with E-state index in [4.69, 9.17) is 4.74 Å². The molecule has 3 rings (SSSR count). The molecule has 0 unspecified atom stereocenters. The average molecular weight is 309 g/mol. The maximum absolute atomic E-state index is 9.51. The quantitative estimate of drug-likeness (QED) is 0.787. The van der Waals surface area contributed by atoms with Crippen LogP contribution in [0, 0.1) is 13.8 Å². The number of ether oxygens (including phenoxy) is 1. The largest absolute Gasteiger partial charge is 0.487 e. The molecule has 0 radical (unpaired) electrons. The van der Waals surface area contributed by atoms with Crippen molar-refractivity contribution in [1.29, 1.82) is 0 Å². The Morgan fingerprint density at radius 1 is 1.04 bits per heavy atom. The zero-order chi connectivity index (χ0) is 16.2. The fourth-order valence-electron chi connectivity index (χ4n) is 2.55. The molecule has 0 amide bonds. The van der Waals surface area contributed by atoms with Gasteiger partial charge in [0.05, 0.1) is 12.3 Å². The van der Waals surface area contributed by atoms with E-state index >= 15 is 0 Å². The number of aliphatic hydroxyl groups is 1. The van der Waals surface area contributed by atoms with Crippen LogP contribution in [0.15, 0.2) is 48.5 Å². The van der Waals surface area contributed by atoms with E-state index in [1.165, 1.54) is 0 Å². The maximum Gasteiger partial charge on any atom is 0.132 e. The van der Waals surface area contributed by atoms with Crippen molar-refractivity contribution in [2.24, 2.45) is 0 Å². The van der Waals surface area contributed by atoms with Crippen LogP contribution >= 0.6 is 0 Å². The number of aryl methyl sites for hydroxylation is 2. The number of nitrogens with zero attached hydrogens (tertiary/aromatic N) is 3. The van der Waals surface area contributed by atoms with E-state index in [-0.39, 0.29) is 6.61 Å². The summed E-state index contributed by atoms with van der Waals surface area (Å²) in [7, 11) is 0. The molecule has 0 aliphatic heterocycles. The van der Waals surface area contributed by atoms with E-state index in [1.807, 2.05) is 56.3 Å². The Labute approximate surface area is 135 Å². The Kier molecular flexibility index (Phi) is 4.39. The fraction of sp³-hybridized carbons (Fsp3) is 0.222. The fourth-order valence-corrected chi connectivity index (χ4v) is 2.55. The number of aliphatic hydroxyl groups excluding tert-OH is 1. The number of para-hydroxylation sites is 1. The minimum absolute atomic E-state index is 0.168. The molecule has 5 nitrogen and oxygen atoms in total. The molecule has 0 bridgehead atoms. The molecule has 0 saturated carbocycles. The van der Waals surface area contributed by atoms with Crippen molar-refractivity contribution in [1.82, 2.24) is 15.0 Å². The smallest absolute Gasteiger partial charge is 0.132 e. The van der Waals surface area contributed by atoms with Crippen LogP contribution in [0.4, 0.5) is 0 Å². The zero-order valence-corrected chi connectivity index (χ0v) is 13.2. The predicted octanol–water partition coefficient (Wildman–Crippen LogP) is 2.96. The Bertz CT molecular complexity index is 777. The summed E-state index contributed by atoms with van der Waals surface area (Å²) in [5.41, 5.74) is 4.50. The molecule has 118 valence electrons. The second-order valence-corrected chi connectivity index (χ2v) is 5.50. The van der Waals surface area contributed by atoms with Gasteiger partial charge < -0.3 is 9.84 Å². The standard InChI is InChI=1S/C18H19N3O2/c1-13-8-14(2)10-15(9-13)21-18(17(11-22)19-20-21)12-23-16-6-4-3-5-7-16/h3-10,22H,11-12H2,1-2H3. The summed E-state index contributed by atoms with van der Waals surface area (Å²) in [6, 6.07) is 15.7. The van der Waals surface area contributed by atoms with Crippen LogP contribution in [-0.2, 0) is 13.2 Å². The summed E-state index contributed by atoms with van der Waals surface area (Å²) in [5, 5.41) is 17.8. The number of benzene rings is 2. The first-order chi connectivity index (χ1) is 11.2. The zero-order valence-electron chi connectivity index (χ0n) is 13.2. The lowest BCUT2D eigenvalue weighted by molar-refractivity contribution is 0.263. The first-order valence-electron chi connectivity index (χ1n) is 7.48. The van der Waals surface area contributed by atoms with Gasteiger partial charge in [-0.05, 0) is 49.2 Å². The van der Waals surface area contributed by atoms with Gasteiger partial charge in [0.15, 0.2) is 0 Å². The summed E-state index contributed by atoms with van der Waals surface area (Å²) in [6.07, 6.45) is 0. The molecule has 0 spiro atoms. The van der Waals surface area contributed by atoms with Crippen LogP contribution < -0.4 is 4.74 Å². The Morgan fingerprint density at radius 2 is 1.74 bits per heavy atom. The van der Waals surface area contributed by atoms with Crippen LogP contribution in [0.1, 0.15) is 22.5 Å². The highest BCUT2D eigenvalue weighted by molar-refractivity contribution is 5.40. The molecule has 3 aromatic rings. The molecule has 0 aliphatic carbocycles. The van der Waals surface area contributed by atoms with Crippen molar-refractivity contribution in [3.8, 4) is 11.4 Å². The maximum atomic E-state index is 9.51. The van der Waals surface area contributed by atoms with Gasteiger partial charge >= 0.3 is 0 Å². The molecular formula is C18H19N3O2. The highest BCUT2D eigenvalue weighted by atomic mass is 16.5. The van der Waals surface area contributed by atoms with Crippen LogP contribution in [0.25, 0.3) is 5.69 Å². The molecule has 0 fully saturated rings. The van der Waals surface area contributed by atoms with Gasteiger partial charge in [0, 0.05) is 0 Å². The second kappa shape index (κ2) is 6.62. The first kappa shape index (κ1) is 15.2. The van der Waals surface area contributed by atoms with Gasteiger partial charge in [-0.15, -0.1) is 5.10 Å². The van der Waals surface area contributed by atoms with Crippen molar-refractivity contribution < 1.29 is 9.84 Å². The molecule has 23 heavy (non-hydrogen) atoms. The van der Waals surface area contributed by atoms with Gasteiger partial charge in [-0.25, -0.2) is 4.68 Å². The van der Waals surface area contributed by atoms with Crippen molar-refractivity contribution in [3.05, 3.63) is 71.0 Å². The minimum Gasteiger partial charge on any atom is -0.487 e. The van der Waals surface area contributed by atoms with Gasteiger partial charge in [-0.1, -0.05) is 29.5 Å². The summed E-state index contributed by atoms with van der Waals surface area (Å²) in [6.45, 7) is 4.21. The van der Waals surface area contributed by atoms with E-state index in [0.717, 1.165) is 28.3 Å². The monoisotopic (exact) mass is 309 g/mol. The lowest BCUT2D eigenvalue weighted by atomic mass is 10.1. The SMILES string of the molecule is Cc1cc(C)cc(-n2nnc(CO)c2COc2ccccc2)c1. The molecular weight excluding hydrogens is 290 g/mol. The highest BCUT2D eigenvalue weighted by Gasteiger charge is 2.15. The van der Waals surface area contributed by atoms with Crippen LogP contribution in [0.3, 0.4) is 0 Å². The average Bonchev–Trinajstić information content (AvgIpc) is 2.96. The topological polar surface area (TPSA) is 60.2 Å². The number of aromatic nitrogens is 3. The van der Waals surface area contributed by atoms with Crippen LogP contribution in [-0.4, -0.2) is 20.1 Å². The summed E-state index contributed by atoms with van der Waals surface area (Å²) >= 11 is 0. The van der Waals surface area contributed by atoms with Gasteiger partial charge in [0.1, 0.15) is 23.7 Å². The number of hydrogen-bond acceptors (Lipinski definition) is 4. The Morgan fingerprint density at radius 3 is 2.39 bits per heavy atom. The van der Waals surface area contributed by atoms with Gasteiger partial charge in [0.2, 0.25) is 0 Å². The van der Waals surface area contributed by atoms with Crippen molar-refractivity contribution in [2.45, 2.75) is 27.1 Å². The molecule has 2 aromatic carbocycles. The third kappa shape index (κ3) is 3.40. The number of hydrogen-bond donors (Lipinski definition) is 1. The van der Waals surface area contributed by atoms with Gasteiger partial charge in [-0.2, -0.15) is 0 Å². The van der Waals surface area contributed by atoms with Crippen molar-refractivity contribution in [2.75, 3.05) is 0 Å². The molecule has 0 atom stereocenters. The van der Waals surface area contributed by atoms with E-state index in [2.05, 4.69) is 16.4 Å². The number of rotatable bonds is 5. The van der Waals surface area contributed by atoms with E-state index < -0.39 is 0 Å². The second-order valence-electron chi connectivity index (χ2n) is 5.50. The van der Waals surface area contributed by atoms with Crippen molar-refractivity contribution in [3.63, 3.8) is 0 Å². The van der Waals surface area contributed by atoms with Crippen molar-refractivity contribution >= 4 is 0 Å². The van der Waals surface area contributed by atoms with E-state index in [1.54, 1.807) is 4.68 Å². The first-order valence-corrected chi connectivity index (χ1v) is 7.48. The Hall–Kier alpha value is -2.66. The molecule has 1 aromatic heterocycles. The molecule has 0 aliphatic rings. The van der Waals surface area contributed by atoms with Crippen LogP contribution in [0.5, 0.6) is 5.75 Å². The normalized spacial score (nSPS) is 10.7. The summed E-state index contributed by atoms with van der Waals surface area (Å²) < 4.78 is 7.53. The van der Waals surface area contributed by atoms with Crippen LogP contribution in [0.2, 0.25) is 0 Å². The minimum atomic E-state index is -0.168. The third-order valence-corrected chi connectivity index (χ3v) is 3.56. The third-order valence-electron chi connectivity index (χ3n) is 3.56. The van der Waals surface area contributed by atoms with Gasteiger partial charge in [0.25, 0.3) is 0 Å². The lowest BCUT2D eigenvalue weighted by Crippen LogP contribution is -2.08.